The summed E-state index contributed by atoms with van der Waals surface area (Å²) in [5.74, 6) is -0.327. The van der Waals surface area contributed by atoms with E-state index in [0.717, 1.165) is 18.4 Å². The molecule has 4 nitrogen and oxygen atoms in total. The maximum atomic E-state index is 11.6. The fourth-order valence-electron chi connectivity index (χ4n) is 2.57. The number of rotatable bonds is 4. The molecular formula is C14H21N3O. The Morgan fingerprint density at radius 2 is 2.06 bits per heavy atom. The fraction of sp³-hybridized carbons (Fsp3) is 0.571. The lowest BCUT2D eigenvalue weighted by molar-refractivity contribution is -0.120. The third-order valence-corrected chi connectivity index (χ3v) is 3.56. The molecule has 0 radical (unpaired) electrons. The number of hydrogen-bond acceptors (Lipinski definition) is 3. The quantitative estimate of drug-likeness (QED) is 0.799. The smallest absolute Gasteiger partial charge is 0.239 e. The Morgan fingerprint density at radius 1 is 1.33 bits per heavy atom. The van der Waals surface area contributed by atoms with Crippen molar-refractivity contribution in [2.75, 3.05) is 0 Å². The standard InChI is InChI=1S/C14H21N3O/c15-14(18)13(11-6-5-9-16-10-11)17-12-7-3-1-2-4-8-12/h5-6,9-10,12-13,17H,1-4,7-8H2,(H2,15,18). The van der Waals surface area contributed by atoms with Crippen molar-refractivity contribution in [3.8, 4) is 0 Å². The molecular weight excluding hydrogens is 226 g/mol. The minimum Gasteiger partial charge on any atom is -0.368 e. The zero-order chi connectivity index (χ0) is 12.8. The first kappa shape index (κ1) is 13.0. The van der Waals surface area contributed by atoms with Crippen molar-refractivity contribution in [3.63, 3.8) is 0 Å². The molecule has 0 saturated heterocycles. The third-order valence-electron chi connectivity index (χ3n) is 3.56. The summed E-state index contributed by atoms with van der Waals surface area (Å²) >= 11 is 0. The van der Waals surface area contributed by atoms with Gasteiger partial charge in [-0.05, 0) is 24.5 Å². The Balaban J connectivity index is 2.04. The molecule has 1 aliphatic rings. The first-order valence-corrected chi connectivity index (χ1v) is 6.72. The largest absolute Gasteiger partial charge is 0.368 e. The zero-order valence-electron chi connectivity index (χ0n) is 10.6. The topological polar surface area (TPSA) is 68.0 Å². The van der Waals surface area contributed by atoms with Gasteiger partial charge in [-0.2, -0.15) is 0 Å². The van der Waals surface area contributed by atoms with E-state index in [1.165, 1.54) is 25.7 Å². The summed E-state index contributed by atoms with van der Waals surface area (Å²) in [7, 11) is 0. The van der Waals surface area contributed by atoms with Crippen LogP contribution in [0.4, 0.5) is 0 Å². The van der Waals surface area contributed by atoms with Gasteiger partial charge in [-0.25, -0.2) is 0 Å². The number of hydrogen-bond donors (Lipinski definition) is 2. The lowest BCUT2D eigenvalue weighted by Gasteiger charge is -2.22. The van der Waals surface area contributed by atoms with Crippen LogP contribution in [0.5, 0.6) is 0 Å². The number of carbonyl (C=O) groups is 1. The van der Waals surface area contributed by atoms with Crippen LogP contribution in [0.25, 0.3) is 0 Å². The molecule has 3 N–H and O–H groups in total. The second kappa shape index (κ2) is 6.50. The second-order valence-corrected chi connectivity index (χ2v) is 4.98. The van der Waals surface area contributed by atoms with E-state index >= 15 is 0 Å². The molecule has 1 atom stereocenters. The average Bonchev–Trinajstić information content (AvgIpc) is 2.65. The molecule has 18 heavy (non-hydrogen) atoms. The van der Waals surface area contributed by atoms with Gasteiger partial charge in [-0.1, -0.05) is 31.7 Å². The van der Waals surface area contributed by atoms with E-state index in [2.05, 4.69) is 10.3 Å². The normalized spacial score (nSPS) is 19.1. The fourth-order valence-corrected chi connectivity index (χ4v) is 2.57. The van der Waals surface area contributed by atoms with E-state index in [4.69, 9.17) is 5.73 Å². The molecule has 1 amide bonds. The third kappa shape index (κ3) is 3.53. The number of carbonyl (C=O) groups excluding carboxylic acids is 1. The summed E-state index contributed by atoms with van der Waals surface area (Å²) in [6, 6.07) is 3.71. The van der Waals surface area contributed by atoms with Crippen LogP contribution in [-0.4, -0.2) is 16.9 Å². The van der Waals surface area contributed by atoms with Gasteiger partial charge in [0.05, 0.1) is 0 Å². The first-order chi connectivity index (χ1) is 8.77. The van der Waals surface area contributed by atoms with Gasteiger partial charge in [0, 0.05) is 18.4 Å². The minimum absolute atomic E-state index is 0.327. The van der Waals surface area contributed by atoms with E-state index in [-0.39, 0.29) is 5.91 Å². The van der Waals surface area contributed by atoms with Gasteiger partial charge >= 0.3 is 0 Å². The van der Waals surface area contributed by atoms with Crippen LogP contribution in [-0.2, 0) is 4.79 Å². The maximum absolute atomic E-state index is 11.6. The Labute approximate surface area is 108 Å². The van der Waals surface area contributed by atoms with Crippen molar-refractivity contribution in [1.29, 1.82) is 0 Å². The van der Waals surface area contributed by atoms with Gasteiger partial charge in [0.1, 0.15) is 6.04 Å². The Kier molecular flexibility index (Phi) is 4.70. The van der Waals surface area contributed by atoms with Crippen LogP contribution in [0, 0.1) is 0 Å². The summed E-state index contributed by atoms with van der Waals surface area (Å²) in [5, 5.41) is 3.40. The molecule has 1 aromatic heterocycles. The molecule has 0 aromatic carbocycles. The highest BCUT2D eigenvalue weighted by Gasteiger charge is 2.22. The molecule has 1 aliphatic carbocycles. The van der Waals surface area contributed by atoms with Crippen molar-refractivity contribution >= 4 is 5.91 Å². The Hall–Kier alpha value is -1.42. The van der Waals surface area contributed by atoms with Crippen molar-refractivity contribution in [2.45, 2.75) is 50.6 Å². The highest BCUT2D eigenvalue weighted by Crippen LogP contribution is 2.20. The molecule has 1 saturated carbocycles. The highest BCUT2D eigenvalue weighted by molar-refractivity contribution is 5.81. The van der Waals surface area contributed by atoms with Gasteiger partial charge in [0.25, 0.3) is 0 Å². The molecule has 0 aliphatic heterocycles. The lowest BCUT2D eigenvalue weighted by Crippen LogP contribution is -2.39. The van der Waals surface area contributed by atoms with Gasteiger partial charge < -0.3 is 5.73 Å². The lowest BCUT2D eigenvalue weighted by atomic mass is 10.0. The number of pyridine rings is 1. The van der Waals surface area contributed by atoms with Gasteiger partial charge in [-0.3, -0.25) is 15.1 Å². The molecule has 1 unspecified atom stereocenters. The van der Waals surface area contributed by atoms with Crippen molar-refractivity contribution in [2.24, 2.45) is 5.73 Å². The Bertz CT molecular complexity index is 372. The number of amides is 1. The predicted molar refractivity (Wildman–Crippen MR) is 70.8 cm³/mol. The number of nitrogens with two attached hydrogens (primary N) is 1. The van der Waals surface area contributed by atoms with E-state index in [1.54, 1.807) is 12.4 Å². The van der Waals surface area contributed by atoms with E-state index in [0.29, 0.717) is 6.04 Å². The van der Waals surface area contributed by atoms with E-state index < -0.39 is 6.04 Å². The highest BCUT2D eigenvalue weighted by atomic mass is 16.1. The Morgan fingerprint density at radius 3 is 2.61 bits per heavy atom. The van der Waals surface area contributed by atoms with Crippen LogP contribution >= 0.6 is 0 Å². The average molecular weight is 247 g/mol. The molecule has 0 bridgehead atoms. The number of primary amides is 1. The molecule has 1 fully saturated rings. The van der Waals surface area contributed by atoms with Crippen LogP contribution in [0.1, 0.15) is 50.1 Å². The second-order valence-electron chi connectivity index (χ2n) is 4.98. The van der Waals surface area contributed by atoms with Crippen molar-refractivity contribution < 1.29 is 4.79 Å². The van der Waals surface area contributed by atoms with Crippen LogP contribution in [0.3, 0.4) is 0 Å². The summed E-state index contributed by atoms with van der Waals surface area (Å²) in [4.78, 5) is 15.6. The zero-order valence-corrected chi connectivity index (χ0v) is 10.6. The summed E-state index contributed by atoms with van der Waals surface area (Å²) in [5.41, 5.74) is 6.35. The molecule has 4 heteroatoms. The van der Waals surface area contributed by atoms with Crippen molar-refractivity contribution in [3.05, 3.63) is 30.1 Å². The number of nitrogens with zero attached hydrogens (tertiary/aromatic N) is 1. The number of nitrogens with one attached hydrogen (secondary N) is 1. The molecule has 98 valence electrons. The molecule has 1 heterocycles. The van der Waals surface area contributed by atoms with Crippen LogP contribution < -0.4 is 11.1 Å². The van der Waals surface area contributed by atoms with Crippen molar-refractivity contribution in [1.82, 2.24) is 10.3 Å². The van der Waals surface area contributed by atoms with E-state index in [1.807, 2.05) is 12.1 Å². The predicted octanol–water partition coefficient (Wildman–Crippen LogP) is 1.92. The summed E-state index contributed by atoms with van der Waals surface area (Å²) in [6.45, 7) is 0. The molecule has 0 spiro atoms. The van der Waals surface area contributed by atoms with Gasteiger partial charge in [-0.15, -0.1) is 0 Å². The molecule has 2 rings (SSSR count). The summed E-state index contributed by atoms with van der Waals surface area (Å²) < 4.78 is 0. The summed E-state index contributed by atoms with van der Waals surface area (Å²) in [6.07, 6.45) is 10.7. The minimum atomic E-state index is -0.415. The monoisotopic (exact) mass is 247 g/mol. The first-order valence-electron chi connectivity index (χ1n) is 6.72. The maximum Gasteiger partial charge on any atom is 0.239 e. The van der Waals surface area contributed by atoms with Crippen LogP contribution in [0.15, 0.2) is 24.5 Å². The van der Waals surface area contributed by atoms with Gasteiger partial charge in [0.2, 0.25) is 5.91 Å². The van der Waals surface area contributed by atoms with Gasteiger partial charge in [0.15, 0.2) is 0 Å². The number of aromatic nitrogens is 1. The SMILES string of the molecule is NC(=O)C(NC1CCCCCC1)c1cccnc1. The molecule has 1 aromatic rings. The van der Waals surface area contributed by atoms with E-state index in [9.17, 15) is 4.79 Å². The van der Waals surface area contributed by atoms with Crippen LogP contribution in [0.2, 0.25) is 0 Å².